The molecule has 0 unspecified atom stereocenters. The molecule has 6 heteroatoms. The SMILES string of the molecule is Cc1cnc(N=Cc2c3ccccc3c(C=Nc3ncc(C)s3)c3ccccc23)s1. The van der Waals surface area contributed by atoms with Crippen LogP contribution in [0.4, 0.5) is 10.3 Å². The fourth-order valence-electron chi connectivity index (χ4n) is 3.52. The van der Waals surface area contributed by atoms with Crippen LogP contribution in [0.25, 0.3) is 21.5 Å². The van der Waals surface area contributed by atoms with Crippen LogP contribution < -0.4 is 0 Å². The van der Waals surface area contributed by atoms with E-state index in [-0.39, 0.29) is 0 Å². The Bertz CT molecular complexity index is 1260. The van der Waals surface area contributed by atoms with Crippen LogP contribution >= 0.6 is 22.7 Å². The predicted octanol–water partition coefficient (Wildman–Crippen LogP) is 7.02. The third-order valence-electron chi connectivity index (χ3n) is 4.84. The lowest BCUT2D eigenvalue weighted by Crippen LogP contribution is -1.94. The van der Waals surface area contributed by atoms with Crippen molar-refractivity contribution in [3.05, 3.63) is 81.8 Å². The summed E-state index contributed by atoms with van der Waals surface area (Å²) in [4.78, 5) is 20.4. The quantitative estimate of drug-likeness (QED) is 0.229. The zero-order valence-electron chi connectivity index (χ0n) is 16.5. The highest BCUT2D eigenvalue weighted by atomic mass is 32.1. The molecule has 30 heavy (non-hydrogen) atoms. The van der Waals surface area contributed by atoms with Gasteiger partial charge in [-0.05, 0) is 35.4 Å². The minimum atomic E-state index is 0.769. The number of hydrogen-bond acceptors (Lipinski definition) is 6. The maximum Gasteiger partial charge on any atom is 0.209 e. The summed E-state index contributed by atoms with van der Waals surface area (Å²) >= 11 is 3.19. The standard InChI is InChI=1S/C24H18N4S2/c1-15-11-25-23(29-15)27-13-21-17-7-3-5-9-19(17)22(20-10-6-4-8-18(20)21)14-28-24-26-12-16(2)30-24/h3-14H,1-2H3. The van der Waals surface area contributed by atoms with E-state index in [2.05, 4.69) is 68.5 Å². The van der Waals surface area contributed by atoms with Crippen molar-refractivity contribution in [3.63, 3.8) is 0 Å². The number of hydrogen-bond donors (Lipinski definition) is 0. The molecule has 0 aliphatic heterocycles. The summed E-state index contributed by atoms with van der Waals surface area (Å²) in [6.45, 7) is 4.08. The van der Waals surface area contributed by atoms with Crippen molar-refractivity contribution < 1.29 is 0 Å². The molecule has 0 saturated carbocycles. The predicted molar refractivity (Wildman–Crippen MR) is 130 cm³/mol. The number of nitrogens with zero attached hydrogens (tertiary/aromatic N) is 4. The van der Waals surface area contributed by atoms with Crippen molar-refractivity contribution in [2.45, 2.75) is 13.8 Å². The number of rotatable bonds is 4. The summed E-state index contributed by atoms with van der Waals surface area (Å²) in [6.07, 6.45) is 7.59. The van der Waals surface area contributed by atoms with Gasteiger partial charge in [-0.2, -0.15) is 0 Å². The van der Waals surface area contributed by atoms with Gasteiger partial charge in [0.25, 0.3) is 0 Å². The van der Waals surface area contributed by atoms with Gasteiger partial charge in [0.1, 0.15) is 0 Å². The number of thiazole rings is 2. The van der Waals surface area contributed by atoms with E-state index in [1.807, 2.05) is 38.7 Å². The summed E-state index contributed by atoms with van der Waals surface area (Å²) in [5, 5.41) is 6.11. The topological polar surface area (TPSA) is 50.5 Å². The van der Waals surface area contributed by atoms with E-state index < -0.39 is 0 Å². The van der Waals surface area contributed by atoms with Crippen LogP contribution in [0.15, 0.2) is 70.9 Å². The molecule has 0 spiro atoms. The molecule has 146 valence electrons. The van der Waals surface area contributed by atoms with Crippen LogP contribution in [0.3, 0.4) is 0 Å². The fourth-order valence-corrected chi connectivity index (χ4v) is 4.73. The highest BCUT2D eigenvalue weighted by Gasteiger charge is 2.12. The first-order valence-corrected chi connectivity index (χ1v) is 11.2. The van der Waals surface area contributed by atoms with Crippen LogP contribution in [-0.4, -0.2) is 22.4 Å². The largest absolute Gasteiger partial charge is 0.227 e. The second-order valence-electron chi connectivity index (χ2n) is 6.94. The second-order valence-corrected chi connectivity index (χ2v) is 9.37. The van der Waals surface area contributed by atoms with E-state index >= 15 is 0 Å². The van der Waals surface area contributed by atoms with Gasteiger partial charge in [0.05, 0.1) is 0 Å². The van der Waals surface area contributed by atoms with Crippen LogP contribution in [0, 0.1) is 13.8 Å². The molecule has 0 amide bonds. The fraction of sp³-hybridized carbons (Fsp3) is 0.0833. The molecule has 0 aliphatic rings. The molecule has 0 fully saturated rings. The van der Waals surface area contributed by atoms with Gasteiger partial charge in [0.15, 0.2) is 0 Å². The third-order valence-corrected chi connectivity index (χ3v) is 6.48. The third kappa shape index (κ3) is 3.56. The summed E-state index contributed by atoms with van der Waals surface area (Å²) in [7, 11) is 0. The number of aromatic nitrogens is 2. The molecule has 5 rings (SSSR count). The molecular formula is C24H18N4S2. The van der Waals surface area contributed by atoms with E-state index in [9.17, 15) is 0 Å². The van der Waals surface area contributed by atoms with Gasteiger partial charge >= 0.3 is 0 Å². The average molecular weight is 427 g/mol. The average Bonchev–Trinajstić information content (AvgIpc) is 3.38. The zero-order chi connectivity index (χ0) is 20.5. The van der Waals surface area contributed by atoms with Crippen LogP contribution in [0.1, 0.15) is 20.9 Å². The molecule has 0 radical (unpaired) electrons. The van der Waals surface area contributed by atoms with Gasteiger partial charge in [-0.15, -0.1) is 22.7 Å². The maximum atomic E-state index is 4.66. The summed E-state index contributed by atoms with van der Waals surface area (Å²) < 4.78 is 0. The Hall–Kier alpha value is -3.22. The van der Waals surface area contributed by atoms with E-state index in [1.165, 1.54) is 0 Å². The molecule has 2 heterocycles. The van der Waals surface area contributed by atoms with Gasteiger partial charge < -0.3 is 0 Å². The molecule has 0 N–H and O–H groups in total. The van der Waals surface area contributed by atoms with Crippen molar-refractivity contribution >= 4 is 66.9 Å². The van der Waals surface area contributed by atoms with Crippen LogP contribution in [0.2, 0.25) is 0 Å². The smallest absolute Gasteiger partial charge is 0.209 e. The molecule has 0 aliphatic carbocycles. The molecule has 0 atom stereocenters. The molecule has 4 nitrogen and oxygen atoms in total. The lowest BCUT2D eigenvalue weighted by molar-refractivity contribution is 1.34. The number of aryl methyl sites for hydroxylation is 2. The van der Waals surface area contributed by atoms with Crippen molar-refractivity contribution in [2.24, 2.45) is 9.98 Å². The minimum absolute atomic E-state index is 0.769. The number of fused-ring (bicyclic) bond motifs is 2. The van der Waals surface area contributed by atoms with Crippen molar-refractivity contribution in [3.8, 4) is 0 Å². The van der Waals surface area contributed by atoms with Gasteiger partial charge in [-0.1, -0.05) is 48.5 Å². The summed E-state index contributed by atoms with van der Waals surface area (Å²) in [6, 6.07) is 16.8. The van der Waals surface area contributed by atoms with E-state index in [0.717, 1.165) is 52.7 Å². The van der Waals surface area contributed by atoms with Gasteiger partial charge in [-0.3, -0.25) is 0 Å². The Balaban J connectivity index is 1.73. The number of aliphatic imine (C=N–C) groups is 2. The van der Waals surface area contributed by atoms with Crippen molar-refractivity contribution in [1.82, 2.24) is 9.97 Å². The normalized spacial score (nSPS) is 12.1. The monoisotopic (exact) mass is 426 g/mol. The molecule has 3 aromatic carbocycles. The van der Waals surface area contributed by atoms with Crippen molar-refractivity contribution in [2.75, 3.05) is 0 Å². The summed E-state index contributed by atoms with van der Waals surface area (Å²) in [5.74, 6) is 0. The van der Waals surface area contributed by atoms with E-state index in [0.29, 0.717) is 0 Å². The Morgan fingerprint density at radius 2 is 1.00 bits per heavy atom. The molecule has 0 saturated heterocycles. The van der Waals surface area contributed by atoms with Gasteiger partial charge in [0.2, 0.25) is 10.3 Å². The Morgan fingerprint density at radius 1 is 0.633 bits per heavy atom. The first kappa shape index (κ1) is 18.8. The minimum Gasteiger partial charge on any atom is -0.227 e. The van der Waals surface area contributed by atoms with Crippen molar-refractivity contribution in [1.29, 1.82) is 0 Å². The lowest BCUT2D eigenvalue weighted by Gasteiger charge is -2.12. The Labute approximate surface area is 182 Å². The highest BCUT2D eigenvalue weighted by molar-refractivity contribution is 7.15. The van der Waals surface area contributed by atoms with Gasteiger partial charge in [0, 0.05) is 45.7 Å². The van der Waals surface area contributed by atoms with Gasteiger partial charge in [-0.25, -0.2) is 20.0 Å². The Kier molecular flexibility index (Phi) is 4.94. The highest BCUT2D eigenvalue weighted by Crippen LogP contribution is 2.32. The molecule has 5 aromatic rings. The first-order valence-electron chi connectivity index (χ1n) is 9.55. The first-order chi connectivity index (χ1) is 14.7. The summed E-state index contributed by atoms with van der Waals surface area (Å²) in [5.41, 5.74) is 2.19. The maximum absolute atomic E-state index is 4.66. The molecular weight excluding hydrogens is 408 g/mol. The van der Waals surface area contributed by atoms with E-state index in [1.54, 1.807) is 22.7 Å². The lowest BCUT2D eigenvalue weighted by atomic mass is 9.92. The van der Waals surface area contributed by atoms with Crippen LogP contribution in [0.5, 0.6) is 0 Å². The second kappa shape index (κ2) is 7.89. The van der Waals surface area contributed by atoms with E-state index in [4.69, 9.17) is 0 Å². The molecule has 2 aromatic heterocycles. The number of benzene rings is 3. The molecule has 0 bridgehead atoms. The zero-order valence-corrected chi connectivity index (χ0v) is 18.2. The Morgan fingerprint density at radius 3 is 1.30 bits per heavy atom. The van der Waals surface area contributed by atoms with Crippen LogP contribution in [-0.2, 0) is 0 Å².